The minimum atomic E-state index is 0.520. The van der Waals surface area contributed by atoms with Crippen molar-refractivity contribution in [2.75, 3.05) is 6.61 Å². The lowest BCUT2D eigenvalue weighted by Gasteiger charge is -2.04. The summed E-state index contributed by atoms with van der Waals surface area (Å²) in [7, 11) is 0. The number of nitriles is 1. The van der Waals surface area contributed by atoms with Crippen LogP contribution in [-0.2, 0) is 6.42 Å². The number of halogens is 1. The molecule has 5 heteroatoms. The second-order valence-electron chi connectivity index (χ2n) is 4.76. The fraction of sp³-hybridized carbons (Fsp3) is 0.333. The third-order valence-corrected chi connectivity index (χ3v) is 4.45. The summed E-state index contributed by atoms with van der Waals surface area (Å²) in [5.74, 6) is 1.32. The largest absolute Gasteiger partial charge is 0.493 e. The minimum Gasteiger partial charge on any atom is -0.493 e. The maximum Gasteiger partial charge on any atom is 0.128 e. The van der Waals surface area contributed by atoms with Crippen molar-refractivity contribution in [3.05, 3.63) is 44.9 Å². The van der Waals surface area contributed by atoms with Gasteiger partial charge < -0.3 is 4.74 Å². The highest BCUT2D eigenvalue weighted by atomic mass is 35.5. The third-order valence-electron chi connectivity index (χ3n) is 3.16. The summed E-state index contributed by atoms with van der Waals surface area (Å²) in [4.78, 5) is 5.36. The lowest BCUT2D eigenvalue weighted by molar-refractivity contribution is 0.321. The van der Waals surface area contributed by atoms with Gasteiger partial charge in [-0.3, -0.25) is 0 Å². The van der Waals surface area contributed by atoms with Crippen molar-refractivity contribution in [2.24, 2.45) is 0 Å². The zero-order valence-electron chi connectivity index (χ0n) is 10.8. The fourth-order valence-electron chi connectivity index (χ4n) is 1.99. The average molecular weight is 305 g/mol. The van der Waals surface area contributed by atoms with Crippen molar-refractivity contribution in [3.8, 4) is 11.8 Å². The number of thiazole rings is 1. The molecule has 3 rings (SSSR count). The highest BCUT2D eigenvalue weighted by Gasteiger charge is 2.29. The van der Waals surface area contributed by atoms with Crippen LogP contribution in [0.2, 0.25) is 5.02 Å². The van der Waals surface area contributed by atoms with E-state index in [4.69, 9.17) is 21.6 Å². The van der Waals surface area contributed by atoms with Crippen molar-refractivity contribution >= 4 is 22.9 Å². The second kappa shape index (κ2) is 5.82. The summed E-state index contributed by atoms with van der Waals surface area (Å²) in [6.07, 6.45) is 3.06. The van der Waals surface area contributed by atoms with E-state index in [1.54, 1.807) is 12.1 Å². The summed E-state index contributed by atoms with van der Waals surface area (Å²) in [6, 6.07) is 9.56. The highest BCUT2D eigenvalue weighted by molar-refractivity contribution is 7.12. The Morgan fingerprint density at radius 2 is 2.10 bits per heavy atom. The van der Waals surface area contributed by atoms with E-state index in [9.17, 15) is 0 Å². The molecular weight excluding hydrogens is 292 g/mol. The van der Waals surface area contributed by atoms with Gasteiger partial charge in [0.25, 0.3) is 0 Å². The molecule has 1 fully saturated rings. The predicted octanol–water partition coefficient (Wildman–Crippen LogP) is 4.17. The van der Waals surface area contributed by atoms with E-state index in [1.807, 2.05) is 12.1 Å². The van der Waals surface area contributed by atoms with Gasteiger partial charge in [-0.1, -0.05) is 11.6 Å². The standard InChI is InChI=1S/C15H13ClN2OS/c16-11-3-5-12(6-4-11)19-8-7-14-18-15(10-1-2-10)13(9-17)20-14/h3-6,10H,1-2,7-8H2. The van der Waals surface area contributed by atoms with Crippen molar-refractivity contribution in [1.82, 2.24) is 4.98 Å². The molecule has 1 aliphatic rings. The molecule has 1 heterocycles. The Morgan fingerprint density at radius 1 is 1.35 bits per heavy atom. The summed E-state index contributed by atoms with van der Waals surface area (Å²) >= 11 is 7.31. The van der Waals surface area contributed by atoms with Gasteiger partial charge in [-0.25, -0.2) is 4.98 Å². The maximum atomic E-state index is 9.11. The van der Waals surface area contributed by atoms with Crippen molar-refractivity contribution in [3.63, 3.8) is 0 Å². The van der Waals surface area contributed by atoms with E-state index < -0.39 is 0 Å². The maximum absolute atomic E-state index is 9.11. The predicted molar refractivity (Wildman–Crippen MR) is 79.5 cm³/mol. The van der Waals surface area contributed by atoms with E-state index >= 15 is 0 Å². The van der Waals surface area contributed by atoms with Gasteiger partial charge in [0.1, 0.15) is 16.7 Å². The molecule has 102 valence electrons. The molecule has 20 heavy (non-hydrogen) atoms. The van der Waals surface area contributed by atoms with Gasteiger partial charge in [-0.05, 0) is 37.1 Å². The third kappa shape index (κ3) is 3.12. The first-order valence-electron chi connectivity index (χ1n) is 6.54. The number of ether oxygens (including phenoxy) is 1. The molecule has 1 aromatic carbocycles. The van der Waals surface area contributed by atoms with Crippen LogP contribution in [0, 0.1) is 11.3 Å². The van der Waals surface area contributed by atoms with Crippen molar-refractivity contribution in [1.29, 1.82) is 5.26 Å². The highest BCUT2D eigenvalue weighted by Crippen LogP contribution is 2.42. The lowest BCUT2D eigenvalue weighted by Crippen LogP contribution is -2.01. The Balaban J connectivity index is 1.58. The van der Waals surface area contributed by atoms with E-state index in [0.29, 0.717) is 17.5 Å². The molecule has 0 amide bonds. The molecular formula is C15H13ClN2OS. The summed E-state index contributed by atoms with van der Waals surface area (Å²) < 4.78 is 5.65. The monoisotopic (exact) mass is 304 g/mol. The van der Waals surface area contributed by atoms with Crippen LogP contribution >= 0.6 is 22.9 Å². The quantitative estimate of drug-likeness (QED) is 0.833. The Labute approximate surface area is 126 Å². The zero-order chi connectivity index (χ0) is 13.9. The second-order valence-corrected chi connectivity index (χ2v) is 6.28. The molecule has 0 N–H and O–H groups in total. The van der Waals surface area contributed by atoms with Gasteiger partial charge in [0, 0.05) is 17.4 Å². The normalized spacial score (nSPS) is 14.0. The van der Waals surface area contributed by atoms with Crippen LogP contribution in [0.1, 0.15) is 34.3 Å². The van der Waals surface area contributed by atoms with Gasteiger partial charge in [0.2, 0.25) is 0 Å². The lowest BCUT2D eigenvalue weighted by atomic mass is 10.2. The SMILES string of the molecule is N#Cc1sc(CCOc2ccc(Cl)cc2)nc1C1CC1. The molecule has 0 bridgehead atoms. The number of hydrogen-bond donors (Lipinski definition) is 0. The Hall–Kier alpha value is -1.57. The van der Waals surface area contributed by atoms with Crippen LogP contribution in [0.25, 0.3) is 0 Å². The fourth-order valence-corrected chi connectivity index (χ4v) is 3.04. The molecule has 0 aliphatic heterocycles. The molecule has 3 nitrogen and oxygen atoms in total. The molecule has 1 saturated carbocycles. The first-order chi connectivity index (χ1) is 9.76. The molecule has 1 aromatic heterocycles. The number of benzene rings is 1. The van der Waals surface area contributed by atoms with Gasteiger partial charge in [0.15, 0.2) is 0 Å². The summed E-state index contributed by atoms with van der Waals surface area (Å²) in [6.45, 7) is 0.560. The molecule has 2 aromatic rings. The molecule has 0 unspecified atom stereocenters. The van der Waals surface area contributed by atoms with Gasteiger partial charge in [-0.2, -0.15) is 5.26 Å². The van der Waals surface area contributed by atoms with Crippen LogP contribution in [0.3, 0.4) is 0 Å². The number of rotatable bonds is 5. The minimum absolute atomic E-state index is 0.520. The Bertz CT molecular complexity index is 641. The molecule has 0 saturated heterocycles. The van der Waals surface area contributed by atoms with Crippen molar-refractivity contribution in [2.45, 2.75) is 25.2 Å². The van der Waals surface area contributed by atoms with E-state index in [2.05, 4.69) is 11.1 Å². The Morgan fingerprint density at radius 3 is 2.75 bits per heavy atom. The average Bonchev–Trinajstić information content (AvgIpc) is 3.22. The van der Waals surface area contributed by atoms with Crippen molar-refractivity contribution < 1.29 is 4.74 Å². The van der Waals surface area contributed by atoms with Crippen LogP contribution in [0.5, 0.6) is 5.75 Å². The van der Waals surface area contributed by atoms with E-state index in [0.717, 1.165) is 27.7 Å². The molecule has 0 atom stereocenters. The first kappa shape index (κ1) is 13.4. The zero-order valence-corrected chi connectivity index (χ0v) is 12.4. The Kier molecular flexibility index (Phi) is 3.90. The van der Waals surface area contributed by atoms with Crippen LogP contribution < -0.4 is 4.74 Å². The van der Waals surface area contributed by atoms with Crippen LogP contribution in [0.15, 0.2) is 24.3 Å². The van der Waals surface area contributed by atoms with Gasteiger partial charge in [-0.15, -0.1) is 11.3 Å². The number of aromatic nitrogens is 1. The van der Waals surface area contributed by atoms with E-state index in [-0.39, 0.29) is 0 Å². The molecule has 0 radical (unpaired) electrons. The molecule has 0 spiro atoms. The summed E-state index contributed by atoms with van der Waals surface area (Å²) in [5.41, 5.74) is 0.999. The van der Waals surface area contributed by atoms with E-state index in [1.165, 1.54) is 24.2 Å². The number of nitrogens with zero attached hydrogens (tertiary/aromatic N) is 2. The van der Waals surface area contributed by atoms with Gasteiger partial charge >= 0.3 is 0 Å². The van der Waals surface area contributed by atoms with Crippen LogP contribution in [0.4, 0.5) is 0 Å². The first-order valence-corrected chi connectivity index (χ1v) is 7.74. The smallest absolute Gasteiger partial charge is 0.128 e. The van der Waals surface area contributed by atoms with Crippen LogP contribution in [-0.4, -0.2) is 11.6 Å². The number of hydrogen-bond acceptors (Lipinski definition) is 4. The topological polar surface area (TPSA) is 45.9 Å². The van der Waals surface area contributed by atoms with Gasteiger partial charge in [0.05, 0.1) is 17.3 Å². The summed E-state index contributed by atoms with van der Waals surface area (Å²) in [5, 5.41) is 10.8. The molecule has 1 aliphatic carbocycles.